The zero-order valence-corrected chi connectivity index (χ0v) is 18.8. The van der Waals surface area contributed by atoms with Gasteiger partial charge in [0, 0.05) is 21.8 Å². The maximum Gasteiger partial charge on any atom is 0.271 e. The van der Waals surface area contributed by atoms with Crippen molar-refractivity contribution in [2.24, 2.45) is 5.10 Å². The lowest BCUT2D eigenvalue weighted by Gasteiger charge is -2.09. The molecule has 0 bridgehead atoms. The minimum Gasteiger partial charge on any atom is -0.497 e. The minimum absolute atomic E-state index is 0.0750. The minimum atomic E-state index is -3.78. The molecular weight excluding hydrogens is 454 g/mol. The maximum atomic E-state index is 12.4. The number of methoxy groups -OCH3 is 2. The van der Waals surface area contributed by atoms with Gasteiger partial charge in [-0.05, 0) is 66.7 Å². The van der Waals surface area contributed by atoms with Crippen LogP contribution in [0.25, 0.3) is 0 Å². The smallest absolute Gasteiger partial charge is 0.271 e. The molecule has 0 aliphatic rings. The van der Waals surface area contributed by atoms with Gasteiger partial charge in [-0.25, -0.2) is 13.8 Å². The van der Waals surface area contributed by atoms with Crippen LogP contribution in [0.3, 0.4) is 0 Å². The number of hydrogen-bond donors (Lipinski definition) is 2. The van der Waals surface area contributed by atoms with Crippen LogP contribution in [-0.4, -0.2) is 34.8 Å². The lowest BCUT2D eigenvalue weighted by atomic mass is 10.2. The van der Waals surface area contributed by atoms with Crippen LogP contribution in [-0.2, 0) is 10.0 Å². The Morgan fingerprint density at radius 2 is 1.66 bits per heavy atom. The van der Waals surface area contributed by atoms with Crippen molar-refractivity contribution in [3.63, 3.8) is 0 Å². The van der Waals surface area contributed by atoms with E-state index in [4.69, 9.17) is 21.1 Å². The summed E-state index contributed by atoms with van der Waals surface area (Å²) in [5.41, 5.74) is 3.65. The Balaban J connectivity index is 1.65. The number of carbonyl (C=O) groups excluding carboxylic acids is 1. The van der Waals surface area contributed by atoms with E-state index in [-0.39, 0.29) is 4.90 Å². The van der Waals surface area contributed by atoms with Gasteiger partial charge in [0.1, 0.15) is 11.5 Å². The summed E-state index contributed by atoms with van der Waals surface area (Å²) in [5, 5.41) is 4.39. The second-order valence-corrected chi connectivity index (χ2v) is 8.56. The molecule has 10 heteroatoms. The van der Waals surface area contributed by atoms with Crippen molar-refractivity contribution in [2.45, 2.75) is 4.90 Å². The van der Waals surface area contributed by atoms with Crippen LogP contribution in [0.2, 0.25) is 5.02 Å². The molecule has 0 atom stereocenters. The van der Waals surface area contributed by atoms with Crippen molar-refractivity contribution in [2.75, 3.05) is 18.9 Å². The number of ether oxygens (including phenoxy) is 2. The highest BCUT2D eigenvalue weighted by atomic mass is 35.5. The Hall–Kier alpha value is -3.56. The van der Waals surface area contributed by atoms with Gasteiger partial charge < -0.3 is 9.47 Å². The largest absolute Gasteiger partial charge is 0.497 e. The number of nitrogens with one attached hydrogen (secondary N) is 2. The van der Waals surface area contributed by atoms with E-state index in [9.17, 15) is 13.2 Å². The number of hydrazone groups is 1. The number of rotatable bonds is 8. The Bertz CT molecular complexity index is 1230. The third-order valence-corrected chi connectivity index (χ3v) is 5.98. The molecule has 3 aromatic carbocycles. The van der Waals surface area contributed by atoms with Gasteiger partial charge in [-0.2, -0.15) is 5.10 Å². The Labute approximate surface area is 190 Å². The number of halogens is 1. The fraction of sp³-hybridized carbons (Fsp3) is 0.0909. The van der Waals surface area contributed by atoms with E-state index in [1.807, 2.05) is 0 Å². The molecular formula is C22H20ClN3O5S. The van der Waals surface area contributed by atoms with Crippen LogP contribution < -0.4 is 19.6 Å². The molecule has 0 unspecified atom stereocenters. The highest BCUT2D eigenvalue weighted by Crippen LogP contribution is 2.22. The molecule has 2 N–H and O–H groups in total. The summed E-state index contributed by atoms with van der Waals surface area (Å²) < 4.78 is 37.7. The van der Waals surface area contributed by atoms with Crippen molar-refractivity contribution >= 4 is 39.4 Å². The first kappa shape index (κ1) is 23.1. The summed E-state index contributed by atoms with van der Waals surface area (Å²) in [6.45, 7) is 0. The molecule has 0 saturated heterocycles. The quantitative estimate of drug-likeness (QED) is 0.381. The number of anilines is 1. The molecule has 8 nitrogen and oxygen atoms in total. The van der Waals surface area contributed by atoms with E-state index in [1.54, 1.807) is 25.3 Å². The lowest BCUT2D eigenvalue weighted by Crippen LogP contribution is -2.18. The van der Waals surface area contributed by atoms with Gasteiger partial charge in [0.25, 0.3) is 15.9 Å². The Morgan fingerprint density at radius 1 is 0.969 bits per heavy atom. The number of amides is 1. The van der Waals surface area contributed by atoms with Crippen molar-refractivity contribution < 1.29 is 22.7 Å². The zero-order valence-electron chi connectivity index (χ0n) is 17.2. The molecule has 0 aromatic heterocycles. The summed E-state index contributed by atoms with van der Waals surface area (Å²) in [5.74, 6) is 0.728. The van der Waals surface area contributed by atoms with Crippen molar-refractivity contribution in [3.8, 4) is 11.5 Å². The predicted octanol–water partition coefficient (Wildman–Crippen LogP) is 3.92. The highest BCUT2D eigenvalue weighted by Gasteiger charge is 2.14. The normalized spacial score (nSPS) is 11.2. The summed E-state index contributed by atoms with van der Waals surface area (Å²) in [4.78, 5) is 12.4. The standard InChI is InChI=1S/C22H20ClN3O5S/c1-30-19-9-12-21(31-2)16(13-19)14-24-25-22(27)15-3-7-18(8-4-15)26-32(28,29)20-10-5-17(23)6-11-20/h3-14,26H,1-2H3,(H,25,27)/b24-14-. The molecule has 0 radical (unpaired) electrons. The lowest BCUT2D eigenvalue weighted by molar-refractivity contribution is 0.0955. The highest BCUT2D eigenvalue weighted by molar-refractivity contribution is 7.92. The van der Waals surface area contributed by atoms with Crippen LogP contribution >= 0.6 is 11.6 Å². The van der Waals surface area contributed by atoms with Crippen molar-refractivity contribution in [1.82, 2.24) is 5.43 Å². The molecule has 0 aliphatic carbocycles. The van der Waals surface area contributed by atoms with Crippen LogP contribution in [0.1, 0.15) is 15.9 Å². The monoisotopic (exact) mass is 473 g/mol. The van der Waals surface area contributed by atoms with Gasteiger partial charge in [-0.15, -0.1) is 0 Å². The molecule has 1 amide bonds. The molecule has 0 aliphatic heterocycles. The maximum absolute atomic E-state index is 12.4. The van der Waals surface area contributed by atoms with E-state index in [2.05, 4.69) is 15.2 Å². The van der Waals surface area contributed by atoms with Crippen molar-refractivity contribution in [3.05, 3.63) is 82.9 Å². The molecule has 0 heterocycles. The van der Waals surface area contributed by atoms with E-state index in [0.717, 1.165) is 0 Å². The number of carbonyl (C=O) groups is 1. The zero-order chi connectivity index (χ0) is 23.1. The van der Waals surface area contributed by atoms with Crippen LogP contribution in [0.4, 0.5) is 5.69 Å². The fourth-order valence-corrected chi connectivity index (χ4v) is 3.87. The van der Waals surface area contributed by atoms with E-state index < -0.39 is 15.9 Å². The molecule has 0 fully saturated rings. The third-order valence-electron chi connectivity index (χ3n) is 4.33. The van der Waals surface area contributed by atoms with Gasteiger partial charge in [0.2, 0.25) is 0 Å². The first-order valence-electron chi connectivity index (χ1n) is 9.26. The van der Waals surface area contributed by atoms with E-state index >= 15 is 0 Å². The number of sulfonamides is 1. The number of nitrogens with zero attached hydrogens (tertiary/aromatic N) is 1. The number of hydrogen-bond acceptors (Lipinski definition) is 6. The van der Waals surface area contributed by atoms with Gasteiger partial charge in [0.05, 0.1) is 25.3 Å². The van der Waals surface area contributed by atoms with Crippen LogP contribution in [0.5, 0.6) is 11.5 Å². The SMILES string of the molecule is COc1ccc(OC)c(/C=N\NC(=O)c2ccc(NS(=O)(=O)c3ccc(Cl)cc3)cc2)c1. The molecule has 0 spiro atoms. The van der Waals surface area contributed by atoms with Crippen LogP contribution in [0, 0.1) is 0 Å². The van der Waals surface area contributed by atoms with Crippen LogP contribution in [0.15, 0.2) is 76.7 Å². The molecule has 32 heavy (non-hydrogen) atoms. The van der Waals surface area contributed by atoms with Gasteiger partial charge in [-0.3, -0.25) is 9.52 Å². The van der Waals surface area contributed by atoms with Crippen molar-refractivity contribution in [1.29, 1.82) is 0 Å². The summed E-state index contributed by atoms with van der Waals surface area (Å²) in [6, 6.07) is 16.9. The van der Waals surface area contributed by atoms with Gasteiger partial charge >= 0.3 is 0 Å². The third kappa shape index (κ3) is 5.77. The predicted molar refractivity (Wildman–Crippen MR) is 123 cm³/mol. The average molecular weight is 474 g/mol. The van der Waals surface area contributed by atoms with Gasteiger partial charge in [0.15, 0.2) is 0 Å². The topological polar surface area (TPSA) is 106 Å². The summed E-state index contributed by atoms with van der Waals surface area (Å²) in [7, 11) is -0.702. The first-order valence-corrected chi connectivity index (χ1v) is 11.1. The second kappa shape index (κ2) is 10.2. The Morgan fingerprint density at radius 3 is 2.28 bits per heavy atom. The second-order valence-electron chi connectivity index (χ2n) is 6.44. The Kier molecular flexibility index (Phi) is 7.34. The summed E-state index contributed by atoms with van der Waals surface area (Å²) >= 11 is 5.79. The fourth-order valence-electron chi connectivity index (χ4n) is 2.68. The first-order chi connectivity index (χ1) is 15.3. The molecule has 0 saturated carbocycles. The van der Waals surface area contributed by atoms with Gasteiger partial charge in [-0.1, -0.05) is 11.6 Å². The summed E-state index contributed by atoms with van der Waals surface area (Å²) in [6.07, 6.45) is 1.44. The molecule has 3 rings (SSSR count). The molecule has 3 aromatic rings. The number of benzene rings is 3. The van der Waals surface area contributed by atoms with E-state index in [1.165, 1.54) is 61.9 Å². The van der Waals surface area contributed by atoms with E-state index in [0.29, 0.717) is 33.3 Å². The average Bonchev–Trinajstić information content (AvgIpc) is 2.79. The molecule has 166 valence electrons.